The number of likely N-dealkylation sites (N-methyl/N-ethyl adjacent to an activating group) is 2. The fraction of sp³-hybridized carbons (Fsp3) is 0.429. The van der Waals surface area contributed by atoms with Crippen LogP contribution in [0.1, 0.15) is 95.9 Å². The van der Waals surface area contributed by atoms with Crippen LogP contribution < -0.4 is 11.1 Å². The molecule has 6 heterocycles. The highest BCUT2D eigenvalue weighted by molar-refractivity contribution is 5.95. The lowest BCUT2D eigenvalue weighted by atomic mass is 10.1. The first-order valence-corrected chi connectivity index (χ1v) is 19.7. The van der Waals surface area contributed by atoms with E-state index >= 15 is 0 Å². The molecule has 0 radical (unpaired) electrons. The van der Waals surface area contributed by atoms with Gasteiger partial charge in [0.15, 0.2) is 0 Å². The Hall–Kier alpha value is -6.25. The van der Waals surface area contributed by atoms with Crippen LogP contribution in [0.15, 0.2) is 73.3 Å². The first kappa shape index (κ1) is 49.4. The van der Waals surface area contributed by atoms with Gasteiger partial charge in [-0.2, -0.15) is 30.7 Å². The lowest BCUT2D eigenvalue weighted by Crippen LogP contribution is -2.38. The highest BCUT2D eigenvalue weighted by Crippen LogP contribution is 2.29. The molecule has 2 saturated heterocycles. The number of aromatic nitrogens is 4. The Bertz CT molecular complexity index is 2160. The summed E-state index contributed by atoms with van der Waals surface area (Å²) in [5, 5.41) is 3.09. The van der Waals surface area contributed by atoms with Crippen LogP contribution >= 0.6 is 0 Å². The third-order valence-electron chi connectivity index (χ3n) is 10.5. The lowest BCUT2D eigenvalue weighted by Gasteiger charge is -2.23. The van der Waals surface area contributed by atoms with Crippen molar-refractivity contribution in [1.82, 2.24) is 39.5 Å². The lowest BCUT2D eigenvalue weighted by molar-refractivity contribution is -0.142. The van der Waals surface area contributed by atoms with Gasteiger partial charge >= 0.3 is 12.4 Å². The van der Waals surface area contributed by atoms with Crippen molar-refractivity contribution in [3.8, 4) is 0 Å². The summed E-state index contributed by atoms with van der Waals surface area (Å²) in [6.07, 6.45) is -2.34. The van der Waals surface area contributed by atoms with Gasteiger partial charge in [0.2, 0.25) is 17.8 Å². The molecule has 0 aliphatic carbocycles. The molecule has 4 aromatic heterocycles. The molecule has 340 valence electrons. The average Bonchev–Trinajstić information content (AvgIpc) is 3.95. The molecule has 3 N–H and O–H groups in total. The fourth-order valence-corrected chi connectivity index (χ4v) is 6.45. The molecule has 0 spiro atoms. The van der Waals surface area contributed by atoms with Gasteiger partial charge in [-0.25, -0.2) is 9.97 Å². The molecule has 4 aromatic rings. The maximum atomic E-state index is 12.7. The zero-order valence-corrected chi connectivity index (χ0v) is 35.4. The van der Waals surface area contributed by atoms with Gasteiger partial charge in [0, 0.05) is 85.0 Å². The first-order chi connectivity index (χ1) is 29.5. The SMILES string of the molecule is CC(=O)N(C)[C@H]1CCN(C(=O)c2ccc(F)nc2)C1.CC(=O)N(C)[C@H]1CCN(C(=O)c2ccc(N[C@@H](C)c3ccc(C(F)(F)F)nc3)nc2)C1.C[C@H](N)c1ccc(C(F)(F)F)nc1. The van der Waals surface area contributed by atoms with Gasteiger partial charge in [0.1, 0.15) is 17.2 Å². The minimum Gasteiger partial charge on any atom is -0.363 e. The quantitative estimate of drug-likeness (QED) is 0.149. The molecule has 4 atom stereocenters. The molecule has 6 rings (SSSR count). The normalized spacial score (nSPS) is 17.0. The smallest absolute Gasteiger partial charge is 0.363 e. The molecule has 63 heavy (non-hydrogen) atoms. The number of hydrogen-bond donors (Lipinski definition) is 2. The van der Waals surface area contributed by atoms with Crippen LogP contribution in [0.25, 0.3) is 0 Å². The van der Waals surface area contributed by atoms with E-state index in [-0.39, 0.29) is 47.8 Å². The number of pyridine rings is 4. The Morgan fingerprint density at radius 2 is 1.11 bits per heavy atom. The van der Waals surface area contributed by atoms with E-state index in [0.29, 0.717) is 54.3 Å². The Labute approximate surface area is 359 Å². The van der Waals surface area contributed by atoms with Crippen molar-refractivity contribution in [2.24, 2.45) is 5.73 Å². The van der Waals surface area contributed by atoms with E-state index in [4.69, 9.17) is 5.73 Å². The first-order valence-electron chi connectivity index (χ1n) is 19.7. The molecule has 4 amide bonds. The Morgan fingerprint density at radius 3 is 1.46 bits per heavy atom. The second-order valence-electron chi connectivity index (χ2n) is 15.1. The predicted molar refractivity (Wildman–Crippen MR) is 217 cm³/mol. The van der Waals surface area contributed by atoms with Gasteiger partial charge in [-0.05, 0) is 74.2 Å². The van der Waals surface area contributed by atoms with Crippen molar-refractivity contribution in [2.45, 2.75) is 77.1 Å². The van der Waals surface area contributed by atoms with E-state index < -0.39 is 29.7 Å². The number of nitrogens with zero attached hydrogens (tertiary/aromatic N) is 8. The largest absolute Gasteiger partial charge is 0.433 e. The zero-order chi connectivity index (χ0) is 46.8. The number of nitrogens with one attached hydrogen (secondary N) is 1. The molecule has 2 aliphatic rings. The molecule has 0 saturated carbocycles. The van der Waals surface area contributed by atoms with Crippen molar-refractivity contribution in [3.63, 3.8) is 0 Å². The molecule has 0 unspecified atom stereocenters. The third kappa shape index (κ3) is 13.9. The Morgan fingerprint density at radius 1 is 0.667 bits per heavy atom. The third-order valence-corrected chi connectivity index (χ3v) is 10.5. The summed E-state index contributed by atoms with van der Waals surface area (Å²) in [6, 6.07) is 9.90. The molecular formula is C42H49F7N10O4. The summed E-state index contributed by atoms with van der Waals surface area (Å²) in [7, 11) is 3.47. The van der Waals surface area contributed by atoms with Crippen molar-refractivity contribution < 1.29 is 49.9 Å². The van der Waals surface area contributed by atoms with Gasteiger partial charge in [-0.15, -0.1) is 0 Å². The fourth-order valence-electron chi connectivity index (χ4n) is 6.45. The number of anilines is 1. The van der Waals surface area contributed by atoms with Gasteiger partial charge in [0.25, 0.3) is 11.8 Å². The monoisotopic (exact) mass is 890 g/mol. The summed E-state index contributed by atoms with van der Waals surface area (Å²) in [6.45, 7) is 8.62. The summed E-state index contributed by atoms with van der Waals surface area (Å²) in [4.78, 5) is 68.8. The molecule has 0 bridgehead atoms. The van der Waals surface area contributed by atoms with Crippen molar-refractivity contribution in [3.05, 3.63) is 113 Å². The average molecular weight is 891 g/mol. The minimum atomic E-state index is -4.48. The van der Waals surface area contributed by atoms with Gasteiger partial charge in [-0.1, -0.05) is 12.1 Å². The maximum absolute atomic E-state index is 12.7. The Kier molecular flexibility index (Phi) is 16.6. The van der Waals surface area contributed by atoms with Crippen LogP contribution in [0.3, 0.4) is 0 Å². The number of carbonyl (C=O) groups is 4. The highest BCUT2D eigenvalue weighted by Gasteiger charge is 2.34. The van der Waals surface area contributed by atoms with E-state index in [9.17, 15) is 49.9 Å². The minimum absolute atomic E-state index is 0.00791. The second kappa shape index (κ2) is 21.2. The maximum Gasteiger partial charge on any atom is 0.433 e. The second-order valence-corrected chi connectivity index (χ2v) is 15.1. The summed E-state index contributed by atoms with van der Waals surface area (Å²) in [5.41, 5.74) is 5.58. The standard InChI is InChI=1S/C21H24F3N5O2.C13H16FN3O2.C8H9F3N2/c1-13(15-4-6-18(25-10-15)21(22,23)24)27-19-7-5-16(11-26-19)20(31)29-9-8-17(12-29)28(3)14(2)30;1-9(18)16(2)11-5-6-17(8-11)13(19)10-3-4-12(14)15-7-10;1-5(12)6-2-3-7(13-4-6)8(9,10)11/h4-7,10-11,13,17H,8-9,12H2,1-3H3,(H,26,27);3-4,7,11H,5-6,8H2,1-2H3;2-5H,12H2,1H3/t13-,17-;11-;5-/m000/s1. The van der Waals surface area contributed by atoms with Crippen molar-refractivity contribution in [1.29, 1.82) is 0 Å². The van der Waals surface area contributed by atoms with Gasteiger partial charge in [-0.3, -0.25) is 29.1 Å². The Balaban J connectivity index is 0.000000230. The summed E-state index contributed by atoms with van der Waals surface area (Å²) < 4.78 is 86.7. The zero-order valence-electron chi connectivity index (χ0n) is 35.4. The van der Waals surface area contributed by atoms with E-state index in [0.717, 1.165) is 31.2 Å². The van der Waals surface area contributed by atoms with Crippen molar-refractivity contribution in [2.75, 3.05) is 45.6 Å². The van der Waals surface area contributed by atoms with E-state index in [1.165, 1.54) is 56.7 Å². The summed E-state index contributed by atoms with van der Waals surface area (Å²) in [5.74, 6) is -0.492. The van der Waals surface area contributed by atoms with E-state index in [2.05, 4.69) is 25.3 Å². The number of likely N-dealkylation sites (tertiary alicyclic amines) is 2. The molecule has 2 aliphatic heterocycles. The van der Waals surface area contributed by atoms with E-state index in [1.54, 1.807) is 59.7 Å². The van der Waals surface area contributed by atoms with Gasteiger partial charge in [0.05, 0.1) is 29.3 Å². The number of nitrogens with two attached hydrogens (primary N) is 1. The topological polar surface area (TPSA) is 171 Å². The van der Waals surface area contributed by atoms with E-state index in [1.807, 2.05) is 0 Å². The molecule has 21 heteroatoms. The van der Waals surface area contributed by atoms with Crippen LogP contribution in [-0.4, -0.2) is 116 Å². The van der Waals surface area contributed by atoms with Crippen LogP contribution in [0.5, 0.6) is 0 Å². The molecule has 0 aromatic carbocycles. The number of alkyl halides is 6. The number of amides is 4. The van der Waals surface area contributed by atoms with Crippen LogP contribution in [0.4, 0.5) is 36.6 Å². The van der Waals surface area contributed by atoms with Crippen LogP contribution in [-0.2, 0) is 21.9 Å². The number of rotatable bonds is 8. The highest BCUT2D eigenvalue weighted by atomic mass is 19.4. The molecule has 14 nitrogen and oxygen atoms in total. The molecule has 2 fully saturated rings. The van der Waals surface area contributed by atoms with Crippen LogP contribution in [0.2, 0.25) is 0 Å². The summed E-state index contributed by atoms with van der Waals surface area (Å²) >= 11 is 0. The number of carbonyl (C=O) groups excluding carboxylic acids is 4. The van der Waals surface area contributed by atoms with Crippen LogP contribution in [0, 0.1) is 5.95 Å². The number of hydrogen-bond acceptors (Lipinski definition) is 10. The number of halogens is 7. The van der Waals surface area contributed by atoms with Gasteiger partial charge < -0.3 is 30.7 Å². The van der Waals surface area contributed by atoms with Crippen molar-refractivity contribution >= 4 is 29.4 Å². The predicted octanol–water partition coefficient (Wildman–Crippen LogP) is 6.39. The molecular weight excluding hydrogens is 842 g/mol.